The zero-order valence-electron chi connectivity index (χ0n) is 8.35. The van der Waals surface area contributed by atoms with Gasteiger partial charge in [0.2, 0.25) is 0 Å². The number of aromatic nitrogens is 2. The highest BCUT2D eigenvalue weighted by atomic mass is 35.5. The molecule has 2 rings (SSSR count). The van der Waals surface area contributed by atoms with Gasteiger partial charge in [-0.3, -0.25) is 4.79 Å². The third-order valence-electron chi connectivity index (χ3n) is 2.56. The molecule has 0 amide bonds. The van der Waals surface area contributed by atoms with Gasteiger partial charge < -0.3 is 10.0 Å². The molecule has 1 atom stereocenters. The zero-order valence-corrected chi connectivity index (χ0v) is 9.11. The van der Waals surface area contributed by atoms with Gasteiger partial charge in [-0.25, -0.2) is 4.68 Å². The summed E-state index contributed by atoms with van der Waals surface area (Å²) in [7, 11) is 1.55. The van der Waals surface area contributed by atoms with Crippen molar-refractivity contribution in [3.05, 3.63) is 21.6 Å². The Morgan fingerprint density at radius 3 is 3.00 bits per heavy atom. The largest absolute Gasteiger partial charge is 0.391 e. The van der Waals surface area contributed by atoms with E-state index in [2.05, 4.69) is 5.10 Å². The molecule has 1 fully saturated rings. The molecule has 1 aromatic heterocycles. The van der Waals surface area contributed by atoms with Gasteiger partial charge >= 0.3 is 0 Å². The van der Waals surface area contributed by atoms with E-state index in [1.807, 2.05) is 4.90 Å². The number of rotatable bonds is 1. The van der Waals surface area contributed by atoms with E-state index in [-0.39, 0.29) is 16.7 Å². The van der Waals surface area contributed by atoms with Crippen LogP contribution in [0.15, 0.2) is 11.0 Å². The fourth-order valence-corrected chi connectivity index (χ4v) is 1.97. The van der Waals surface area contributed by atoms with E-state index < -0.39 is 0 Å². The normalized spacial score (nSPS) is 21.0. The van der Waals surface area contributed by atoms with Crippen LogP contribution in [-0.2, 0) is 7.05 Å². The lowest BCUT2D eigenvalue weighted by molar-refractivity contribution is 0.198. The fourth-order valence-electron chi connectivity index (χ4n) is 1.68. The molecule has 1 N–H and O–H groups in total. The maximum absolute atomic E-state index is 11.5. The van der Waals surface area contributed by atoms with E-state index in [1.165, 1.54) is 4.68 Å². The minimum absolute atomic E-state index is 0.168. The predicted octanol–water partition coefficient (Wildman–Crippen LogP) is 0.00470. The fraction of sp³-hybridized carbons (Fsp3) is 0.556. The molecule has 1 saturated heterocycles. The summed E-state index contributed by atoms with van der Waals surface area (Å²) in [5.41, 5.74) is 0.298. The first kappa shape index (κ1) is 10.4. The van der Waals surface area contributed by atoms with E-state index >= 15 is 0 Å². The third-order valence-corrected chi connectivity index (χ3v) is 2.92. The van der Waals surface area contributed by atoms with Crippen LogP contribution in [0.25, 0.3) is 0 Å². The quantitative estimate of drug-likeness (QED) is 0.737. The van der Waals surface area contributed by atoms with Crippen molar-refractivity contribution < 1.29 is 5.11 Å². The second kappa shape index (κ2) is 3.83. The molecule has 0 spiro atoms. The van der Waals surface area contributed by atoms with Gasteiger partial charge in [-0.1, -0.05) is 11.6 Å². The number of hydrogen-bond donors (Lipinski definition) is 1. The number of aliphatic hydroxyl groups is 1. The van der Waals surface area contributed by atoms with Crippen LogP contribution in [0.5, 0.6) is 0 Å². The number of β-amino-alcohol motifs (C(OH)–C–C–N with tert-alkyl or cyclic N) is 1. The predicted molar refractivity (Wildman–Crippen MR) is 57.3 cm³/mol. The van der Waals surface area contributed by atoms with Gasteiger partial charge in [0, 0.05) is 20.1 Å². The molecule has 15 heavy (non-hydrogen) atoms. The lowest BCUT2D eigenvalue weighted by Gasteiger charge is -2.18. The second-order valence-electron chi connectivity index (χ2n) is 3.66. The Bertz CT molecular complexity index is 432. The van der Waals surface area contributed by atoms with Crippen molar-refractivity contribution in [1.29, 1.82) is 0 Å². The Balaban J connectivity index is 2.37. The smallest absolute Gasteiger partial charge is 0.287 e. The highest BCUT2D eigenvalue weighted by molar-refractivity contribution is 6.33. The second-order valence-corrected chi connectivity index (χ2v) is 4.04. The summed E-state index contributed by atoms with van der Waals surface area (Å²) in [6, 6.07) is 0. The van der Waals surface area contributed by atoms with Crippen LogP contribution in [0.2, 0.25) is 5.02 Å². The molecule has 1 aliphatic rings. The summed E-state index contributed by atoms with van der Waals surface area (Å²) in [6.07, 6.45) is 1.91. The number of nitrogens with zero attached hydrogens (tertiary/aromatic N) is 3. The van der Waals surface area contributed by atoms with E-state index in [0.717, 1.165) is 0 Å². The molecule has 82 valence electrons. The van der Waals surface area contributed by atoms with Gasteiger partial charge in [0.1, 0.15) is 5.02 Å². The Hall–Kier alpha value is -1.07. The van der Waals surface area contributed by atoms with Crippen molar-refractivity contribution >= 4 is 17.3 Å². The summed E-state index contributed by atoms with van der Waals surface area (Å²) in [5, 5.41) is 13.5. The standard InChI is InChI=1S/C9H12ClN3O2/c1-12-9(15)8(10)7(4-11-12)13-3-2-6(14)5-13/h4,6,14H,2-3,5H2,1H3/t6-/m0/s1. The molecule has 1 aromatic rings. The van der Waals surface area contributed by atoms with Gasteiger partial charge in [0.15, 0.2) is 0 Å². The summed E-state index contributed by atoms with van der Waals surface area (Å²) < 4.78 is 1.19. The SMILES string of the molecule is Cn1ncc(N2CC[C@H](O)C2)c(Cl)c1=O. The lowest BCUT2D eigenvalue weighted by atomic mass is 10.3. The molecular weight excluding hydrogens is 218 g/mol. The molecule has 0 aliphatic carbocycles. The van der Waals surface area contributed by atoms with Crippen molar-refractivity contribution in [2.24, 2.45) is 7.05 Å². The molecule has 0 saturated carbocycles. The molecular formula is C9H12ClN3O2. The van der Waals surface area contributed by atoms with Crippen molar-refractivity contribution in [1.82, 2.24) is 9.78 Å². The molecule has 1 aliphatic heterocycles. The summed E-state index contributed by atoms with van der Waals surface area (Å²) in [4.78, 5) is 13.4. The number of aryl methyl sites for hydroxylation is 1. The number of anilines is 1. The van der Waals surface area contributed by atoms with Gasteiger partial charge in [-0.05, 0) is 6.42 Å². The van der Waals surface area contributed by atoms with Crippen LogP contribution in [0.4, 0.5) is 5.69 Å². The van der Waals surface area contributed by atoms with Crippen LogP contribution >= 0.6 is 11.6 Å². The molecule has 5 nitrogen and oxygen atoms in total. The van der Waals surface area contributed by atoms with E-state index in [4.69, 9.17) is 11.6 Å². The van der Waals surface area contributed by atoms with Crippen molar-refractivity contribution in [2.45, 2.75) is 12.5 Å². The van der Waals surface area contributed by atoms with E-state index in [9.17, 15) is 9.90 Å². The molecule has 0 aromatic carbocycles. The first-order valence-corrected chi connectivity index (χ1v) is 5.12. The average molecular weight is 230 g/mol. The van der Waals surface area contributed by atoms with E-state index in [0.29, 0.717) is 25.2 Å². The summed E-state index contributed by atoms with van der Waals surface area (Å²) in [6.45, 7) is 1.21. The lowest BCUT2D eigenvalue weighted by Crippen LogP contribution is -2.27. The summed E-state index contributed by atoms with van der Waals surface area (Å²) >= 11 is 5.93. The molecule has 0 bridgehead atoms. The minimum atomic E-state index is -0.342. The Morgan fingerprint density at radius 1 is 1.67 bits per heavy atom. The number of hydrogen-bond acceptors (Lipinski definition) is 4. The average Bonchev–Trinajstić information content (AvgIpc) is 2.61. The Kier molecular flexibility index (Phi) is 2.67. The van der Waals surface area contributed by atoms with Crippen molar-refractivity contribution in [2.75, 3.05) is 18.0 Å². The first-order chi connectivity index (χ1) is 7.09. The maximum Gasteiger partial charge on any atom is 0.287 e. The van der Waals surface area contributed by atoms with Gasteiger partial charge in [-0.2, -0.15) is 5.10 Å². The maximum atomic E-state index is 11.5. The van der Waals surface area contributed by atoms with Gasteiger partial charge in [0.25, 0.3) is 5.56 Å². The number of halogens is 1. The highest BCUT2D eigenvalue weighted by Crippen LogP contribution is 2.24. The third kappa shape index (κ3) is 1.85. The topological polar surface area (TPSA) is 58.4 Å². The Labute approximate surface area is 91.9 Å². The Morgan fingerprint density at radius 2 is 2.40 bits per heavy atom. The summed E-state index contributed by atoms with van der Waals surface area (Å²) in [5.74, 6) is 0. The van der Waals surface area contributed by atoms with E-state index in [1.54, 1.807) is 13.2 Å². The van der Waals surface area contributed by atoms with Crippen LogP contribution < -0.4 is 10.5 Å². The van der Waals surface area contributed by atoms with Crippen molar-refractivity contribution in [3.8, 4) is 0 Å². The minimum Gasteiger partial charge on any atom is -0.391 e. The molecule has 0 radical (unpaired) electrons. The number of aliphatic hydroxyl groups excluding tert-OH is 1. The van der Waals surface area contributed by atoms with Gasteiger partial charge in [0.05, 0.1) is 18.0 Å². The van der Waals surface area contributed by atoms with Crippen LogP contribution in [0, 0.1) is 0 Å². The van der Waals surface area contributed by atoms with Crippen LogP contribution in [0.1, 0.15) is 6.42 Å². The molecule has 0 unspecified atom stereocenters. The van der Waals surface area contributed by atoms with Crippen molar-refractivity contribution in [3.63, 3.8) is 0 Å². The van der Waals surface area contributed by atoms with Gasteiger partial charge in [-0.15, -0.1) is 0 Å². The van der Waals surface area contributed by atoms with Crippen LogP contribution in [-0.4, -0.2) is 34.1 Å². The molecule has 6 heteroatoms. The monoisotopic (exact) mass is 229 g/mol. The zero-order chi connectivity index (χ0) is 11.0. The first-order valence-electron chi connectivity index (χ1n) is 4.74. The highest BCUT2D eigenvalue weighted by Gasteiger charge is 2.23. The molecule has 2 heterocycles. The van der Waals surface area contributed by atoms with Crippen LogP contribution in [0.3, 0.4) is 0 Å².